The largest absolute Gasteiger partial charge is 0.460 e. The van der Waals surface area contributed by atoms with Gasteiger partial charge in [0.25, 0.3) is 5.69 Å². The lowest BCUT2D eigenvalue weighted by atomic mass is 10.1. The van der Waals surface area contributed by atoms with E-state index in [0.717, 1.165) is 0 Å². The van der Waals surface area contributed by atoms with Crippen LogP contribution in [0.1, 0.15) is 15.9 Å². The molecule has 0 aliphatic rings. The molecule has 0 amide bonds. The number of nitro groups is 1. The number of halogens is 1. The number of benzene rings is 3. The highest BCUT2D eigenvalue weighted by atomic mass is 79.9. The second kappa shape index (κ2) is 8.64. The van der Waals surface area contributed by atoms with Crippen LogP contribution in [-0.4, -0.2) is 10.9 Å². The van der Waals surface area contributed by atoms with Gasteiger partial charge in [-0.15, -0.1) is 0 Å². The van der Waals surface area contributed by atoms with Crippen molar-refractivity contribution in [3.63, 3.8) is 0 Å². The van der Waals surface area contributed by atoms with Gasteiger partial charge in [-0.2, -0.15) is 0 Å². The van der Waals surface area contributed by atoms with Gasteiger partial charge in [0.05, 0.1) is 20.3 Å². The molecule has 160 valence electrons. The lowest BCUT2D eigenvalue weighted by molar-refractivity contribution is -0.385. The predicted octanol–water partition coefficient (Wildman–Crippen LogP) is 5.78. The van der Waals surface area contributed by atoms with Crippen molar-refractivity contribution in [3.05, 3.63) is 103 Å². The van der Waals surface area contributed by atoms with Crippen molar-refractivity contribution in [2.75, 3.05) is 0 Å². The number of carbonyl (C=O) groups excluding carboxylic acids is 1. The van der Waals surface area contributed by atoms with Gasteiger partial charge in [-0.25, -0.2) is 4.79 Å². The maximum atomic E-state index is 12.8. The molecule has 0 radical (unpaired) electrons. The van der Waals surface area contributed by atoms with Crippen LogP contribution < -0.4 is 14.9 Å². The van der Waals surface area contributed by atoms with Crippen LogP contribution >= 0.6 is 15.9 Å². The first-order valence-electron chi connectivity index (χ1n) is 9.29. The normalized spacial score (nSPS) is 10.7. The summed E-state index contributed by atoms with van der Waals surface area (Å²) in [5.41, 5.74) is -0.117. The van der Waals surface area contributed by atoms with Gasteiger partial charge in [0.1, 0.15) is 23.3 Å². The Morgan fingerprint density at radius 3 is 2.59 bits per heavy atom. The summed E-state index contributed by atoms with van der Waals surface area (Å²) in [4.78, 5) is 35.8. The first-order chi connectivity index (χ1) is 15.3. The Kier molecular flexibility index (Phi) is 5.74. The van der Waals surface area contributed by atoms with E-state index in [2.05, 4.69) is 15.9 Å². The monoisotopic (exact) mass is 495 g/mol. The quantitative estimate of drug-likeness (QED) is 0.149. The number of fused-ring (bicyclic) bond motifs is 1. The first kappa shape index (κ1) is 21.3. The molecule has 0 atom stereocenters. The third kappa shape index (κ3) is 4.10. The molecule has 32 heavy (non-hydrogen) atoms. The van der Waals surface area contributed by atoms with Gasteiger partial charge in [0.2, 0.25) is 11.2 Å². The molecule has 0 aliphatic carbocycles. The Balaban J connectivity index is 1.62. The van der Waals surface area contributed by atoms with E-state index in [0.29, 0.717) is 10.2 Å². The summed E-state index contributed by atoms with van der Waals surface area (Å²) in [6, 6.07) is 15.5. The average Bonchev–Trinajstić information content (AvgIpc) is 2.77. The Bertz CT molecular complexity index is 1430. The molecule has 1 heterocycles. The minimum absolute atomic E-state index is 0.00126. The van der Waals surface area contributed by atoms with E-state index in [1.54, 1.807) is 18.2 Å². The molecular weight excluding hydrogens is 482 g/mol. The van der Waals surface area contributed by atoms with E-state index in [1.165, 1.54) is 49.6 Å². The number of nitro benzene ring substituents is 1. The van der Waals surface area contributed by atoms with E-state index < -0.39 is 16.3 Å². The number of nitrogens with zero attached hydrogens (tertiary/aromatic N) is 1. The number of ether oxygens (including phenoxy) is 2. The molecule has 0 saturated carbocycles. The summed E-state index contributed by atoms with van der Waals surface area (Å²) >= 11 is 3.35. The zero-order valence-electron chi connectivity index (χ0n) is 16.5. The van der Waals surface area contributed by atoms with Gasteiger partial charge in [0.15, 0.2) is 0 Å². The molecule has 0 spiro atoms. The SMILES string of the molecule is Cc1c(C(=O)Oc2ccc3c(=O)c(Oc4ccccc4Br)coc3c2)cccc1[N+](=O)[O-]. The molecule has 9 heteroatoms. The van der Waals surface area contributed by atoms with Crippen LogP contribution in [0.15, 0.2) is 80.6 Å². The zero-order valence-corrected chi connectivity index (χ0v) is 18.1. The van der Waals surface area contributed by atoms with E-state index >= 15 is 0 Å². The van der Waals surface area contributed by atoms with Gasteiger partial charge in [-0.1, -0.05) is 18.2 Å². The van der Waals surface area contributed by atoms with Crippen LogP contribution in [0.25, 0.3) is 11.0 Å². The Morgan fingerprint density at radius 2 is 1.84 bits per heavy atom. The summed E-state index contributed by atoms with van der Waals surface area (Å²) < 4.78 is 17.2. The molecule has 4 rings (SSSR count). The van der Waals surface area contributed by atoms with Gasteiger partial charge >= 0.3 is 5.97 Å². The van der Waals surface area contributed by atoms with Gasteiger partial charge in [0, 0.05) is 17.7 Å². The molecular formula is C23H14BrNO7. The molecule has 1 aromatic heterocycles. The zero-order chi connectivity index (χ0) is 22.8. The third-order valence-corrected chi connectivity index (χ3v) is 5.36. The highest BCUT2D eigenvalue weighted by Gasteiger charge is 2.20. The lowest BCUT2D eigenvalue weighted by Gasteiger charge is -2.09. The van der Waals surface area contributed by atoms with Crippen molar-refractivity contribution in [3.8, 4) is 17.2 Å². The highest BCUT2D eigenvalue weighted by Crippen LogP contribution is 2.29. The van der Waals surface area contributed by atoms with Crippen molar-refractivity contribution >= 4 is 38.6 Å². The van der Waals surface area contributed by atoms with Crippen LogP contribution in [0, 0.1) is 17.0 Å². The fraction of sp³-hybridized carbons (Fsp3) is 0.0435. The molecule has 0 unspecified atom stereocenters. The van der Waals surface area contributed by atoms with E-state index in [1.807, 2.05) is 6.07 Å². The van der Waals surface area contributed by atoms with Crippen LogP contribution in [0.5, 0.6) is 17.2 Å². The standard InChI is InChI=1S/C23H14BrNO7/c1-13-15(5-4-7-18(13)25(28)29)23(27)31-14-9-10-16-20(11-14)30-12-21(22(16)26)32-19-8-3-2-6-17(19)24/h2-12H,1H3. The number of carbonyl (C=O) groups is 1. The van der Waals surface area contributed by atoms with Crippen molar-refractivity contribution in [2.45, 2.75) is 6.92 Å². The lowest BCUT2D eigenvalue weighted by Crippen LogP contribution is -2.11. The van der Waals surface area contributed by atoms with Crippen molar-refractivity contribution < 1.29 is 23.6 Å². The number of hydrogen-bond donors (Lipinski definition) is 0. The summed E-state index contributed by atoms with van der Waals surface area (Å²) in [6.07, 6.45) is 1.18. The Labute approximate surface area is 189 Å². The van der Waals surface area contributed by atoms with Crippen molar-refractivity contribution in [1.29, 1.82) is 0 Å². The molecule has 0 aliphatic heterocycles. The molecule has 0 bridgehead atoms. The molecule has 0 fully saturated rings. The Hall–Kier alpha value is -3.98. The minimum Gasteiger partial charge on any atom is -0.460 e. The summed E-state index contributed by atoms with van der Waals surface area (Å²) in [5.74, 6) is -0.184. The summed E-state index contributed by atoms with van der Waals surface area (Å²) in [7, 11) is 0. The van der Waals surface area contributed by atoms with E-state index in [4.69, 9.17) is 13.9 Å². The van der Waals surface area contributed by atoms with Crippen LogP contribution in [0.2, 0.25) is 0 Å². The van der Waals surface area contributed by atoms with Gasteiger partial charge < -0.3 is 13.9 Å². The Morgan fingerprint density at radius 1 is 1.06 bits per heavy atom. The predicted molar refractivity (Wildman–Crippen MR) is 119 cm³/mol. The topological polar surface area (TPSA) is 109 Å². The number of hydrogen-bond acceptors (Lipinski definition) is 7. The fourth-order valence-corrected chi connectivity index (χ4v) is 3.44. The fourth-order valence-electron chi connectivity index (χ4n) is 3.08. The third-order valence-electron chi connectivity index (χ3n) is 4.70. The van der Waals surface area contributed by atoms with Gasteiger partial charge in [-0.05, 0) is 53.2 Å². The molecule has 0 N–H and O–H groups in total. The van der Waals surface area contributed by atoms with Crippen LogP contribution in [0.3, 0.4) is 0 Å². The van der Waals surface area contributed by atoms with Crippen molar-refractivity contribution in [1.82, 2.24) is 0 Å². The van der Waals surface area contributed by atoms with Gasteiger partial charge in [-0.3, -0.25) is 14.9 Å². The molecule has 3 aromatic carbocycles. The van der Waals surface area contributed by atoms with E-state index in [-0.39, 0.29) is 39.3 Å². The summed E-state index contributed by atoms with van der Waals surface area (Å²) in [6.45, 7) is 1.47. The minimum atomic E-state index is -0.762. The molecule has 4 aromatic rings. The van der Waals surface area contributed by atoms with Crippen LogP contribution in [0.4, 0.5) is 5.69 Å². The molecule has 0 saturated heterocycles. The average molecular weight is 496 g/mol. The first-order valence-corrected chi connectivity index (χ1v) is 10.1. The van der Waals surface area contributed by atoms with Crippen molar-refractivity contribution in [2.24, 2.45) is 0 Å². The maximum absolute atomic E-state index is 12.8. The number of esters is 1. The maximum Gasteiger partial charge on any atom is 0.344 e. The highest BCUT2D eigenvalue weighted by molar-refractivity contribution is 9.10. The van der Waals surface area contributed by atoms with E-state index in [9.17, 15) is 19.7 Å². The number of para-hydroxylation sites is 1. The van der Waals surface area contributed by atoms with Crippen LogP contribution in [-0.2, 0) is 0 Å². The molecule has 8 nitrogen and oxygen atoms in total. The summed E-state index contributed by atoms with van der Waals surface area (Å²) in [5, 5.41) is 11.3. The smallest absolute Gasteiger partial charge is 0.344 e. The second-order valence-corrected chi connectivity index (χ2v) is 7.57. The second-order valence-electron chi connectivity index (χ2n) is 6.72. The number of rotatable bonds is 5.